The molecule has 0 atom stereocenters. The Hall–Kier alpha value is -1.64. The van der Waals surface area contributed by atoms with Crippen molar-refractivity contribution in [3.8, 4) is 0 Å². The van der Waals surface area contributed by atoms with E-state index in [1.54, 1.807) is 0 Å². The zero-order valence-electron chi connectivity index (χ0n) is 11.5. The zero-order chi connectivity index (χ0) is 16.3. The molecule has 1 aliphatic heterocycles. The van der Waals surface area contributed by atoms with E-state index in [9.17, 15) is 26.6 Å². The first-order valence-electron chi connectivity index (χ1n) is 6.63. The molecule has 0 spiro atoms. The summed E-state index contributed by atoms with van der Waals surface area (Å²) < 4.78 is 68.2. The third-order valence-corrected chi connectivity index (χ3v) is 5.75. The minimum Gasteiger partial charge on any atom is -0.350 e. The molecule has 1 saturated heterocycles. The molecule has 2 rings (SSSR count). The van der Waals surface area contributed by atoms with Crippen LogP contribution in [0.3, 0.4) is 0 Å². The van der Waals surface area contributed by atoms with E-state index in [4.69, 9.17) is 0 Å². The number of halogens is 4. The smallest absolute Gasteiger partial charge is 0.254 e. The molecular formula is C13H14F4N2O2S. The molecule has 22 heavy (non-hydrogen) atoms. The Labute approximate surface area is 125 Å². The number of rotatable bonds is 4. The van der Waals surface area contributed by atoms with Crippen LogP contribution >= 0.6 is 0 Å². The van der Waals surface area contributed by atoms with Gasteiger partial charge in [0.2, 0.25) is 0 Å². The molecule has 0 unspecified atom stereocenters. The summed E-state index contributed by atoms with van der Waals surface area (Å²) in [6.45, 7) is -0.00572. The molecule has 1 aliphatic rings. The molecule has 1 aromatic rings. The van der Waals surface area contributed by atoms with E-state index in [1.807, 2.05) is 0 Å². The van der Waals surface area contributed by atoms with E-state index in [0.717, 1.165) is 12.8 Å². The molecule has 0 aliphatic carbocycles. The summed E-state index contributed by atoms with van der Waals surface area (Å²) in [4.78, 5) is 11.6. The standard InChI is InChI=1S/C13H14F4N2O2S/c14-9-7-8(10(15)12(17)11(9)16)13(20)18-3-4-19-22(21)5-1-2-6-22/h7H,1-6H2,(H,18,20). The highest BCUT2D eigenvalue weighted by Crippen LogP contribution is 2.18. The van der Waals surface area contributed by atoms with Crippen molar-refractivity contribution in [2.45, 2.75) is 12.8 Å². The summed E-state index contributed by atoms with van der Waals surface area (Å²) in [5.74, 6) is -7.47. The zero-order valence-corrected chi connectivity index (χ0v) is 12.3. The van der Waals surface area contributed by atoms with Crippen LogP contribution in [0.1, 0.15) is 23.2 Å². The Morgan fingerprint density at radius 1 is 1.14 bits per heavy atom. The van der Waals surface area contributed by atoms with Crippen molar-refractivity contribution in [1.29, 1.82) is 0 Å². The van der Waals surface area contributed by atoms with Crippen molar-refractivity contribution in [1.82, 2.24) is 5.32 Å². The van der Waals surface area contributed by atoms with Crippen LogP contribution < -0.4 is 5.32 Å². The van der Waals surface area contributed by atoms with Gasteiger partial charge in [-0.2, -0.15) is 0 Å². The van der Waals surface area contributed by atoms with E-state index < -0.39 is 44.5 Å². The molecule has 1 heterocycles. The molecule has 1 N–H and O–H groups in total. The molecule has 0 bridgehead atoms. The summed E-state index contributed by atoms with van der Waals surface area (Å²) >= 11 is 0. The number of hydrogen-bond acceptors (Lipinski definition) is 3. The fraction of sp³-hybridized carbons (Fsp3) is 0.462. The monoisotopic (exact) mass is 338 g/mol. The molecule has 0 aromatic heterocycles. The molecule has 122 valence electrons. The molecule has 1 aromatic carbocycles. The Morgan fingerprint density at radius 3 is 2.41 bits per heavy atom. The number of hydrogen-bond donors (Lipinski definition) is 1. The molecule has 1 amide bonds. The number of benzene rings is 1. The van der Waals surface area contributed by atoms with Gasteiger partial charge in [0.25, 0.3) is 5.91 Å². The number of carbonyl (C=O) groups is 1. The SMILES string of the molecule is O=C(NCCN=S1(=O)CCCC1)c1cc(F)c(F)c(F)c1F. The van der Waals surface area contributed by atoms with E-state index in [2.05, 4.69) is 9.68 Å². The van der Waals surface area contributed by atoms with Gasteiger partial charge in [-0.1, -0.05) is 0 Å². The van der Waals surface area contributed by atoms with Crippen molar-refractivity contribution in [2.75, 3.05) is 24.6 Å². The average Bonchev–Trinajstić information content (AvgIpc) is 2.92. The molecule has 0 saturated carbocycles. The van der Waals surface area contributed by atoms with Crippen LogP contribution in [0.25, 0.3) is 0 Å². The fourth-order valence-corrected chi connectivity index (χ4v) is 4.30. The van der Waals surface area contributed by atoms with Crippen LogP contribution in [0.15, 0.2) is 10.4 Å². The Balaban J connectivity index is 2.00. The number of nitrogens with zero attached hydrogens (tertiary/aromatic N) is 1. The summed E-state index contributed by atoms with van der Waals surface area (Å²) in [5, 5.41) is 2.20. The summed E-state index contributed by atoms with van der Waals surface area (Å²) in [7, 11) is -2.21. The van der Waals surface area contributed by atoms with Crippen LogP contribution in [0.4, 0.5) is 17.6 Å². The minimum absolute atomic E-state index is 0.0539. The maximum absolute atomic E-state index is 13.4. The molecule has 1 fully saturated rings. The van der Waals surface area contributed by atoms with E-state index in [0.29, 0.717) is 11.5 Å². The van der Waals surface area contributed by atoms with Gasteiger partial charge in [0.05, 0.1) is 12.1 Å². The number of nitrogens with one attached hydrogen (secondary N) is 1. The van der Waals surface area contributed by atoms with E-state index in [-0.39, 0.29) is 19.2 Å². The van der Waals surface area contributed by atoms with E-state index >= 15 is 0 Å². The first-order chi connectivity index (χ1) is 10.3. The lowest BCUT2D eigenvalue weighted by atomic mass is 10.1. The third kappa shape index (κ3) is 3.57. The predicted octanol–water partition coefficient (Wildman–Crippen LogP) is 2.23. The topological polar surface area (TPSA) is 58.5 Å². The summed E-state index contributed by atoms with van der Waals surface area (Å²) in [6, 6.07) is 0.289. The summed E-state index contributed by atoms with van der Waals surface area (Å²) in [5.41, 5.74) is -0.929. The van der Waals surface area contributed by atoms with Crippen molar-refractivity contribution in [3.63, 3.8) is 0 Å². The first-order valence-corrected chi connectivity index (χ1v) is 8.49. The van der Waals surface area contributed by atoms with Gasteiger partial charge < -0.3 is 5.32 Å². The van der Waals surface area contributed by atoms with Gasteiger partial charge in [-0.15, -0.1) is 0 Å². The van der Waals surface area contributed by atoms with Crippen LogP contribution in [-0.2, 0) is 9.73 Å². The molecule has 0 radical (unpaired) electrons. The molecule has 4 nitrogen and oxygen atoms in total. The maximum Gasteiger partial charge on any atom is 0.254 e. The highest BCUT2D eigenvalue weighted by molar-refractivity contribution is 7.93. The van der Waals surface area contributed by atoms with Crippen LogP contribution in [0.2, 0.25) is 0 Å². The molecule has 9 heteroatoms. The number of amides is 1. The van der Waals surface area contributed by atoms with Crippen LogP contribution in [0.5, 0.6) is 0 Å². The lowest BCUT2D eigenvalue weighted by molar-refractivity contribution is 0.0948. The van der Waals surface area contributed by atoms with Crippen molar-refractivity contribution < 1.29 is 26.6 Å². The van der Waals surface area contributed by atoms with Crippen molar-refractivity contribution in [2.24, 2.45) is 4.36 Å². The normalized spacial score (nSPS) is 16.5. The highest BCUT2D eigenvalue weighted by Gasteiger charge is 2.22. The minimum atomic E-state index is -2.21. The van der Waals surface area contributed by atoms with Gasteiger partial charge in [0.1, 0.15) is 0 Å². The van der Waals surface area contributed by atoms with Gasteiger partial charge in [0, 0.05) is 27.8 Å². The Morgan fingerprint density at radius 2 is 1.77 bits per heavy atom. The van der Waals surface area contributed by atoms with Gasteiger partial charge >= 0.3 is 0 Å². The average molecular weight is 338 g/mol. The van der Waals surface area contributed by atoms with Gasteiger partial charge in [-0.25, -0.2) is 26.1 Å². The van der Waals surface area contributed by atoms with Gasteiger partial charge in [0.15, 0.2) is 23.3 Å². The Bertz CT molecular complexity index is 702. The lowest BCUT2D eigenvalue weighted by Crippen LogP contribution is -2.28. The highest BCUT2D eigenvalue weighted by atomic mass is 32.2. The Kier molecular flexibility index (Phi) is 5.05. The second kappa shape index (κ2) is 6.64. The van der Waals surface area contributed by atoms with Crippen molar-refractivity contribution in [3.05, 3.63) is 34.9 Å². The summed E-state index contributed by atoms with van der Waals surface area (Å²) in [6.07, 6.45) is 1.68. The quantitative estimate of drug-likeness (QED) is 0.396. The maximum atomic E-state index is 13.4. The second-order valence-corrected chi connectivity index (χ2v) is 7.46. The van der Waals surface area contributed by atoms with Crippen LogP contribution in [-0.4, -0.2) is 34.7 Å². The van der Waals surface area contributed by atoms with Gasteiger partial charge in [-0.3, -0.25) is 4.79 Å². The molecular weight excluding hydrogens is 324 g/mol. The van der Waals surface area contributed by atoms with Crippen molar-refractivity contribution >= 4 is 15.6 Å². The number of carbonyl (C=O) groups excluding carboxylic acids is 1. The first kappa shape index (κ1) is 16.7. The lowest BCUT2D eigenvalue weighted by Gasteiger charge is -2.07. The van der Waals surface area contributed by atoms with Gasteiger partial charge in [-0.05, 0) is 18.9 Å². The van der Waals surface area contributed by atoms with Crippen LogP contribution in [0, 0.1) is 23.3 Å². The predicted molar refractivity (Wildman–Crippen MR) is 73.0 cm³/mol. The second-order valence-electron chi connectivity index (χ2n) is 4.84. The fourth-order valence-electron chi connectivity index (χ4n) is 2.10. The third-order valence-electron chi connectivity index (χ3n) is 3.25. The largest absolute Gasteiger partial charge is 0.350 e. The van der Waals surface area contributed by atoms with E-state index in [1.165, 1.54) is 0 Å².